The number of hydrogen-bond acceptors (Lipinski definition) is 6. The summed E-state index contributed by atoms with van der Waals surface area (Å²) in [4.78, 5) is 40.2. The van der Waals surface area contributed by atoms with Crippen LogP contribution < -0.4 is 5.32 Å². The smallest absolute Gasteiger partial charge is 0.337 e. The molecule has 3 amide bonds. The Bertz CT molecular complexity index is 876. The number of rotatable bonds is 10. The molecule has 0 aliphatic carbocycles. The lowest BCUT2D eigenvalue weighted by Crippen LogP contribution is -2.54. The van der Waals surface area contributed by atoms with Gasteiger partial charge in [-0.25, -0.2) is 0 Å². The lowest BCUT2D eigenvalue weighted by Gasteiger charge is -2.34. The van der Waals surface area contributed by atoms with Crippen LogP contribution in [-0.2, 0) is 18.4 Å². The SMILES string of the molecule is CCOP(=O)(OCC)[C@H](NC(=O)[C@@H](CC(C)C)N1C(=O)c2ccccc2C1=O)C(Cl)(Cl)Cl. The fourth-order valence-electron chi connectivity index (χ4n) is 3.38. The van der Waals surface area contributed by atoms with Gasteiger partial charge in [0.25, 0.3) is 11.8 Å². The van der Waals surface area contributed by atoms with E-state index in [0.717, 1.165) is 4.90 Å². The summed E-state index contributed by atoms with van der Waals surface area (Å²) in [5.41, 5.74) is 0.401. The van der Waals surface area contributed by atoms with Crippen molar-refractivity contribution >= 4 is 60.1 Å². The number of alkyl halides is 3. The minimum absolute atomic E-state index is 0.0295. The van der Waals surface area contributed by atoms with Gasteiger partial charge in [0, 0.05) is 0 Å². The molecule has 0 unspecified atom stereocenters. The molecule has 1 aromatic rings. The molecule has 0 saturated heterocycles. The third-order valence-electron chi connectivity index (χ3n) is 4.66. The molecular formula is C20H26Cl3N2O6P. The molecule has 0 radical (unpaired) electrons. The number of halogens is 3. The quantitative estimate of drug-likeness (QED) is 0.267. The summed E-state index contributed by atoms with van der Waals surface area (Å²) in [7, 11) is -4.12. The van der Waals surface area contributed by atoms with Crippen molar-refractivity contribution in [2.24, 2.45) is 5.92 Å². The zero-order valence-electron chi connectivity index (χ0n) is 18.1. The maximum absolute atomic E-state index is 13.4. The Kier molecular flexibility index (Phi) is 9.19. The summed E-state index contributed by atoms with van der Waals surface area (Å²) in [5.74, 6) is -3.77. The molecule has 0 saturated carbocycles. The summed E-state index contributed by atoms with van der Waals surface area (Å²) in [5, 5.41) is 2.42. The highest BCUT2D eigenvalue weighted by Crippen LogP contribution is 2.58. The van der Waals surface area contributed by atoms with Crippen LogP contribution in [0.25, 0.3) is 0 Å². The number of imide groups is 1. The van der Waals surface area contributed by atoms with Crippen LogP contribution in [-0.4, -0.2) is 51.5 Å². The van der Waals surface area contributed by atoms with Gasteiger partial charge < -0.3 is 14.4 Å². The van der Waals surface area contributed by atoms with Gasteiger partial charge in [0.1, 0.15) is 6.04 Å². The van der Waals surface area contributed by atoms with E-state index in [1.54, 1.807) is 26.0 Å². The third-order valence-corrected chi connectivity index (χ3v) is 8.15. The van der Waals surface area contributed by atoms with Crippen molar-refractivity contribution in [1.29, 1.82) is 0 Å². The van der Waals surface area contributed by atoms with Gasteiger partial charge in [-0.05, 0) is 38.3 Å². The molecule has 1 N–H and O–H groups in total. The molecule has 12 heteroatoms. The highest BCUT2D eigenvalue weighted by atomic mass is 35.6. The summed E-state index contributed by atoms with van der Waals surface area (Å²) < 4.78 is 21.6. The number of nitrogens with one attached hydrogen (secondary N) is 1. The van der Waals surface area contributed by atoms with Crippen molar-refractivity contribution < 1.29 is 28.0 Å². The second kappa shape index (κ2) is 10.9. The average Bonchev–Trinajstić information content (AvgIpc) is 2.94. The van der Waals surface area contributed by atoms with E-state index >= 15 is 0 Å². The van der Waals surface area contributed by atoms with Gasteiger partial charge in [-0.3, -0.25) is 23.8 Å². The largest absolute Gasteiger partial charge is 0.357 e. The Morgan fingerprint density at radius 3 is 1.91 bits per heavy atom. The van der Waals surface area contributed by atoms with Gasteiger partial charge in [0.05, 0.1) is 24.3 Å². The molecular weight excluding hydrogens is 502 g/mol. The number of fused-ring (bicyclic) bond motifs is 1. The molecule has 0 bridgehead atoms. The first-order chi connectivity index (χ1) is 14.9. The first-order valence-corrected chi connectivity index (χ1v) is 12.8. The van der Waals surface area contributed by atoms with Crippen LogP contribution in [0.1, 0.15) is 54.8 Å². The zero-order valence-corrected chi connectivity index (χ0v) is 21.3. The lowest BCUT2D eigenvalue weighted by molar-refractivity contribution is -0.125. The maximum Gasteiger partial charge on any atom is 0.357 e. The first-order valence-electron chi connectivity index (χ1n) is 10.1. The number of carbonyl (C=O) groups excluding carboxylic acids is 3. The Morgan fingerprint density at radius 2 is 1.53 bits per heavy atom. The van der Waals surface area contributed by atoms with Gasteiger partial charge in [-0.15, -0.1) is 0 Å². The molecule has 0 spiro atoms. The van der Waals surface area contributed by atoms with Crippen molar-refractivity contribution in [3.05, 3.63) is 35.4 Å². The van der Waals surface area contributed by atoms with E-state index < -0.39 is 40.9 Å². The van der Waals surface area contributed by atoms with Gasteiger partial charge in [0.2, 0.25) is 9.70 Å². The highest BCUT2D eigenvalue weighted by Gasteiger charge is 2.51. The van der Waals surface area contributed by atoms with Crippen molar-refractivity contribution in [2.75, 3.05) is 13.2 Å². The second-order valence-corrected chi connectivity index (χ2v) is 12.0. The molecule has 1 aliphatic heterocycles. The molecule has 0 fully saturated rings. The number of nitrogens with zero attached hydrogens (tertiary/aromatic N) is 1. The molecule has 0 aromatic heterocycles. The van der Waals surface area contributed by atoms with Gasteiger partial charge >= 0.3 is 7.60 Å². The number of amides is 3. The fourth-order valence-corrected chi connectivity index (χ4v) is 6.36. The summed E-state index contributed by atoms with van der Waals surface area (Å²) in [6, 6.07) is 5.06. The molecule has 2 atom stereocenters. The van der Waals surface area contributed by atoms with E-state index in [0.29, 0.717) is 0 Å². The number of carbonyl (C=O) groups is 3. The van der Waals surface area contributed by atoms with Gasteiger partial charge in [0.15, 0.2) is 5.78 Å². The molecule has 1 aliphatic rings. The van der Waals surface area contributed by atoms with E-state index in [9.17, 15) is 18.9 Å². The molecule has 32 heavy (non-hydrogen) atoms. The predicted molar refractivity (Wildman–Crippen MR) is 123 cm³/mol. The van der Waals surface area contributed by atoms with Crippen molar-refractivity contribution in [2.45, 2.75) is 49.7 Å². The lowest BCUT2D eigenvalue weighted by atomic mass is 10.0. The van der Waals surface area contributed by atoms with E-state index in [4.69, 9.17) is 43.9 Å². The van der Waals surface area contributed by atoms with Crippen molar-refractivity contribution in [1.82, 2.24) is 10.2 Å². The minimum atomic E-state index is -4.12. The Labute approximate surface area is 202 Å². The molecule has 8 nitrogen and oxygen atoms in total. The van der Waals surface area contributed by atoms with Crippen LogP contribution in [0.3, 0.4) is 0 Å². The maximum atomic E-state index is 13.4. The van der Waals surface area contributed by atoms with Crippen LogP contribution in [0.2, 0.25) is 0 Å². The Balaban J connectivity index is 2.43. The van der Waals surface area contributed by atoms with Crippen molar-refractivity contribution in [3.63, 3.8) is 0 Å². The predicted octanol–water partition coefficient (Wildman–Crippen LogP) is 4.78. The van der Waals surface area contributed by atoms with Crippen LogP contribution in [0, 0.1) is 5.92 Å². The first kappa shape index (κ1) is 27.1. The zero-order chi connectivity index (χ0) is 24.3. The van der Waals surface area contributed by atoms with Crippen LogP contribution in [0.5, 0.6) is 0 Å². The normalized spacial score (nSPS) is 16.3. The van der Waals surface area contributed by atoms with Gasteiger partial charge in [-0.2, -0.15) is 0 Å². The average molecular weight is 528 g/mol. The van der Waals surface area contributed by atoms with Crippen LogP contribution in [0.4, 0.5) is 0 Å². The van der Waals surface area contributed by atoms with Crippen LogP contribution in [0.15, 0.2) is 24.3 Å². The molecule has 1 heterocycles. The minimum Gasteiger partial charge on any atom is -0.337 e. The summed E-state index contributed by atoms with van der Waals surface area (Å²) >= 11 is 18.1. The Hall–Kier alpha value is -1.15. The molecule has 2 rings (SSSR count). The van der Waals surface area contributed by atoms with E-state index in [1.807, 2.05) is 13.8 Å². The van der Waals surface area contributed by atoms with E-state index in [2.05, 4.69) is 5.32 Å². The third kappa shape index (κ3) is 5.85. The number of hydrogen-bond donors (Lipinski definition) is 1. The topological polar surface area (TPSA) is 102 Å². The second-order valence-electron chi connectivity index (χ2n) is 7.50. The van der Waals surface area contributed by atoms with Crippen molar-refractivity contribution in [3.8, 4) is 0 Å². The summed E-state index contributed by atoms with van der Waals surface area (Å²) in [6.45, 7) is 6.75. The fraction of sp³-hybridized carbons (Fsp3) is 0.550. The highest BCUT2D eigenvalue weighted by molar-refractivity contribution is 7.55. The Morgan fingerprint density at radius 1 is 1.06 bits per heavy atom. The standard InChI is InChI=1S/C20H26Cl3N2O6P/c1-5-30-32(29,31-6-2)19(20(21,22)23)24-16(26)15(11-12(3)4)25-17(27)13-9-7-8-10-14(13)18(25)28/h7-10,12,15,19H,5-6,11H2,1-4H3,(H,24,26)/t15-,19+/m1/s1. The van der Waals surface area contributed by atoms with Gasteiger partial charge in [-0.1, -0.05) is 60.8 Å². The van der Waals surface area contributed by atoms with E-state index in [-0.39, 0.29) is 36.7 Å². The molecule has 1 aromatic carbocycles. The molecule has 178 valence electrons. The van der Waals surface area contributed by atoms with Crippen LogP contribution >= 0.6 is 42.4 Å². The summed E-state index contributed by atoms with van der Waals surface area (Å²) in [6.07, 6.45) is 0.136. The monoisotopic (exact) mass is 526 g/mol. The van der Waals surface area contributed by atoms with E-state index in [1.165, 1.54) is 12.1 Å². The number of benzene rings is 1.